The second kappa shape index (κ2) is 7.86. The van der Waals surface area contributed by atoms with Crippen LogP contribution in [0.4, 0.5) is 0 Å². The highest BCUT2D eigenvalue weighted by atomic mass is 35.5. The van der Waals surface area contributed by atoms with Gasteiger partial charge in [-0.05, 0) is 25.5 Å². The molecule has 0 fully saturated rings. The van der Waals surface area contributed by atoms with E-state index >= 15 is 0 Å². The van der Waals surface area contributed by atoms with Crippen LogP contribution in [-0.2, 0) is 6.54 Å². The quantitative estimate of drug-likeness (QED) is 0.890. The van der Waals surface area contributed by atoms with Crippen LogP contribution in [0, 0.1) is 13.8 Å². The zero-order chi connectivity index (χ0) is 14.5. The van der Waals surface area contributed by atoms with E-state index in [1.165, 1.54) is 5.56 Å². The van der Waals surface area contributed by atoms with Gasteiger partial charge < -0.3 is 15.6 Å². The number of amides is 1. The van der Waals surface area contributed by atoms with E-state index in [4.69, 9.17) is 5.73 Å². The zero-order valence-electron chi connectivity index (χ0n) is 12.4. The lowest BCUT2D eigenvalue weighted by Gasteiger charge is -2.10. The van der Waals surface area contributed by atoms with Crippen molar-refractivity contribution in [1.29, 1.82) is 0 Å². The maximum absolute atomic E-state index is 12.1. The Morgan fingerprint density at radius 3 is 2.52 bits per heavy atom. The lowest BCUT2D eigenvalue weighted by molar-refractivity contribution is 0.0954. The molecule has 0 spiro atoms. The van der Waals surface area contributed by atoms with Crippen LogP contribution in [0.5, 0.6) is 0 Å². The first-order chi connectivity index (χ1) is 9.63. The highest BCUT2D eigenvalue weighted by Crippen LogP contribution is 2.17. The van der Waals surface area contributed by atoms with Gasteiger partial charge in [-0.3, -0.25) is 4.79 Å². The Morgan fingerprint density at radius 1 is 1.24 bits per heavy atom. The van der Waals surface area contributed by atoms with Crippen LogP contribution in [0.15, 0.2) is 36.4 Å². The molecule has 0 radical (unpaired) electrons. The fourth-order valence-electron chi connectivity index (χ4n) is 2.32. The van der Waals surface area contributed by atoms with Gasteiger partial charge in [0.2, 0.25) is 0 Å². The molecule has 0 aliphatic carbocycles. The lowest BCUT2D eigenvalue weighted by Crippen LogP contribution is -2.29. The molecule has 1 aromatic carbocycles. The number of rotatable bonds is 5. The topological polar surface area (TPSA) is 60.1 Å². The highest BCUT2D eigenvalue weighted by molar-refractivity contribution is 5.95. The van der Waals surface area contributed by atoms with Gasteiger partial charge in [-0.25, -0.2) is 0 Å². The number of carbonyl (C=O) groups is 1. The van der Waals surface area contributed by atoms with Gasteiger partial charge in [0.05, 0.1) is 5.56 Å². The lowest BCUT2D eigenvalue weighted by atomic mass is 10.2. The van der Waals surface area contributed by atoms with Crippen LogP contribution >= 0.6 is 12.4 Å². The number of halogens is 1. The largest absolute Gasteiger partial charge is 0.351 e. The van der Waals surface area contributed by atoms with E-state index in [9.17, 15) is 4.79 Å². The molecule has 0 saturated heterocycles. The summed E-state index contributed by atoms with van der Waals surface area (Å²) in [5.74, 6) is -0.0529. The summed E-state index contributed by atoms with van der Waals surface area (Å²) < 4.78 is 2.16. The first-order valence-electron chi connectivity index (χ1n) is 6.82. The summed E-state index contributed by atoms with van der Waals surface area (Å²) in [5.41, 5.74) is 9.44. The molecular weight excluding hydrogens is 286 g/mol. The molecule has 4 nitrogen and oxygen atoms in total. The normalized spacial score (nSPS) is 10.0. The van der Waals surface area contributed by atoms with Crippen LogP contribution in [0.3, 0.4) is 0 Å². The number of nitrogens with two attached hydrogens (primary N) is 1. The molecule has 0 saturated carbocycles. The van der Waals surface area contributed by atoms with Crippen molar-refractivity contribution in [2.75, 3.05) is 13.1 Å². The molecule has 2 rings (SSSR count). The predicted octanol–water partition coefficient (Wildman–Crippen LogP) is 2.26. The fourth-order valence-corrected chi connectivity index (χ4v) is 2.32. The summed E-state index contributed by atoms with van der Waals surface area (Å²) in [6, 6.07) is 12.2. The fraction of sp³-hybridized carbons (Fsp3) is 0.312. The number of aryl methyl sites for hydroxylation is 1. The van der Waals surface area contributed by atoms with Gasteiger partial charge in [0.25, 0.3) is 5.91 Å². The SMILES string of the molecule is Cc1cc(C(=O)NCCN)c(C)n1Cc1ccccc1.Cl. The molecule has 0 bridgehead atoms. The Balaban J connectivity index is 0.00000220. The highest BCUT2D eigenvalue weighted by Gasteiger charge is 2.15. The summed E-state index contributed by atoms with van der Waals surface area (Å²) in [4.78, 5) is 12.1. The number of hydrogen-bond acceptors (Lipinski definition) is 2. The Morgan fingerprint density at radius 2 is 1.90 bits per heavy atom. The van der Waals surface area contributed by atoms with E-state index in [0.29, 0.717) is 13.1 Å². The van der Waals surface area contributed by atoms with E-state index in [2.05, 4.69) is 22.0 Å². The number of benzene rings is 1. The van der Waals surface area contributed by atoms with Crippen molar-refractivity contribution in [3.05, 3.63) is 58.9 Å². The van der Waals surface area contributed by atoms with Gasteiger partial charge in [0, 0.05) is 31.0 Å². The van der Waals surface area contributed by atoms with Crippen LogP contribution in [0.1, 0.15) is 27.3 Å². The van der Waals surface area contributed by atoms with E-state index in [-0.39, 0.29) is 18.3 Å². The Bertz CT molecular complexity index is 593. The molecule has 1 amide bonds. The standard InChI is InChI=1S/C16H21N3O.ClH/c1-12-10-15(16(20)18-9-8-17)13(2)19(12)11-14-6-4-3-5-7-14;/h3-7,10H,8-9,11,17H2,1-2H3,(H,18,20);1H. The monoisotopic (exact) mass is 307 g/mol. The zero-order valence-corrected chi connectivity index (χ0v) is 13.2. The van der Waals surface area contributed by atoms with Crippen molar-refractivity contribution in [2.24, 2.45) is 5.73 Å². The Kier molecular flexibility index (Phi) is 6.46. The van der Waals surface area contributed by atoms with Gasteiger partial charge in [0.1, 0.15) is 0 Å². The van der Waals surface area contributed by atoms with Crippen LogP contribution in [0.25, 0.3) is 0 Å². The summed E-state index contributed by atoms with van der Waals surface area (Å²) in [7, 11) is 0. The third kappa shape index (κ3) is 4.09. The first-order valence-corrected chi connectivity index (χ1v) is 6.82. The third-order valence-electron chi connectivity index (χ3n) is 3.43. The molecule has 3 N–H and O–H groups in total. The van der Waals surface area contributed by atoms with E-state index in [1.807, 2.05) is 38.1 Å². The van der Waals surface area contributed by atoms with Gasteiger partial charge in [-0.15, -0.1) is 12.4 Å². The predicted molar refractivity (Wildman–Crippen MR) is 88.1 cm³/mol. The van der Waals surface area contributed by atoms with Crippen molar-refractivity contribution in [3.8, 4) is 0 Å². The molecule has 21 heavy (non-hydrogen) atoms. The smallest absolute Gasteiger partial charge is 0.253 e. The van der Waals surface area contributed by atoms with Crippen LogP contribution < -0.4 is 11.1 Å². The first kappa shape index (κ1) is 17.3. The number of nitrogens with zero attached hydrogens (tertiary/aromatic N) is 1. The molecular formula is C16H22ClN3O. The van der Waals surface area contributed by atoms with Gasteiger partial charge in [0.15, 0.2) is 0 Å². The second-order valence-electron chi connectivity index (χ2n) is 4.90. The molecule has 1 heterocycles. The molecule has 0 atom stereocenters. The summed E-state index contributed by atoms with van der Waals surface area (Å²) >= 11 is 0. The van der Waals surface area contributed by atoms with E-state index in [0.717, 1.165) is 23.5 Å². The van der Waals surface area contributed by atoms with Crippen molar-refractivity contribution in [3.63, 3.8) is 0 Å². The molecule has 0 aliphatic heterocycles. The Labute approximate surface area is 131 Å². The maximum Gasteiger partial charge on any atom is 0.253 e. The molecule has 114 valence electrons. The molecule has 0 unspecified atom stereocenters. The summed E-state index contributed by atoms with van der Waals surface area (Å²) in [6.45, 7) is 5.74. The second-order valence-corrected chi connectivity index (χ2v) is 4.90. The number of nitrogens with one attached hydrogen (secondary N) is 1. The minimum Gasteiger partial charge on any atom is -0.351 e. The molecule has 0 aliphatic rings. The van der Waals surface area contributed by atoms with Gasteiger partial charge in [-0.2, -0.15) is 0 Å². The van der Waals surface area contributed by atoms with Crippen LogP contribution in [-0.4, -0.2) is 23.6 Å². The van der Waals surface area contributed by atoms with Gasteiger partial charge in [-0.1, -0.05) is 30.3 Å². The summed E-state index contributed by atoms with van der Waals surface area (Å²) in [6.07, 6.45) is 0. The van der Waals surface area contributed by atoms with Crippen molar-refractivity contribution in [2.45, 2.75) is 20.4 Å². The van der Waals surface area contributed by atoms with E-state index in [1.54, 1.807) is 0 Å². The van der Waals surface area contributed by atoms with E-state index < -0.39 is 0 Å². The third-order valence-corrected chi connectivity index (χ3v) is 3.43. The molecule has 5 heteroatoms. The number of carbonyl (C=O) groups excluding carboxylic acids is 1. The minimum atomic E-state index is -0.0529. The van der Waals surface area contributed by atoms with Gasteiger partial charge >= 0.3 is 0 Å². The minimum absolute atomic E-state index is 0. The van der Waals surface area contributed by atoms with Crippen molar-refractivity contribution >= 4 is 18.3 Å². The number of hydrogen-bond donors (Lipinski definition) is 2. The van der Waals surface area contributed by atoms with Crippen molar-refractivity contribution < 1.29 is 4.79 Å². The van der Waals surface area contributed by atoms with Crippen LogP contribution in [0.2, 0.25) is 0 Å². The number of aromatic nitrogens is 1. The average molecular weight is 308 g/mol. The average Bonchev–Trinajstić information content (AvgIpc) is 2.74. The molecule has 2 aromatic rings. The Hall–Kier alpha value is -1.78. The summed E-state index contributed by atoms with van der Waals surface area (Å²) in [5, 5.41) is 2.82. The molecule has 1 aromatic heterocycles. The maximum atomic E-state index is 12.1. The van der Waals surface area contributed by atoms with Crippen molar-refractivity contribution in [1.82, 2.24) is 9.88 Å².